The summed E-state index contributed by atoms with van der Waals surface area (Å²) in [6, 6.07) is 4.05. The quantitative estimate of drug-likeness (QED) is 0.879. The lowest BCUT2D eigenvalue weighted by atomic mass is 10.1. The number of nitrogens with zero attached hydrogens (tertiary/aromatic N) is 1. The maximum absolute atomic E-state index is 8.91. The molecule has 1 aromatic heterocycles. The van der Waals surface area contributed by atoms with Crippen LogP contribution in [0.1, 0.15) is 12.0 Å². The first-order valence-corrected chi connectivity index (χ1v) is 5.78. The predicted molar refractivity (Wildman–Crippen MR) is 64.4 cm³/mol. The van der Waals surface area contributed by atoms with Gasteiger partial charge in [-0.1, -0.05) is 0 Å². The first-order chi connectivity index (χ1) is 8.29. The summed E-state index contributed by atoms with van der Waals surface area (Å²) < 4.78 is 12.9. The number of rotatable bonds is 3. The molecule has 1 aliphatic rings. The van der Waals surface area contributed by atoms with E-state index in [1.165, 1.54) is 10.9 Å². The van der Waals surface area contributed by atoms with Gasteiger partial charge in [-0.3, -0.25) is 0 Å². The van der Waals surface area contributed by atoms with Gasteiger partial charge in [-0.05, 0) is 24.5 Å². The van der Waals surface area contributed by atoms with Gasteiger partial charge in [0.05, 0.1) is 5.52 Å². The summed E-state index contributed by atoms with van der Waals surface area (Å²) in [6.07, 6.45) is 3.77. The largest absolute Gasteiger partial charge is 0.454 e. The third kappa shape index (κ3) is 1.65. The average molecular weight is 233 g/mol. The van der Waals surface area contributed by atoms with Gasteiger partial charge in [0.2, 0.25) is 6.79 Å². The van der Waals surface area contributed by atoms with Crippen LogP contribution in [0.25, 0.3) is 10.9 Å². The number of aliphatic hydroxyl groups excluding tert-OH is 1. The number of ether oxygens (including phenoxy) is 2. The molecule has 1 aromatic carbocycles. The minimum Gasteiger partial charge on any atom is -0.454 e. The lowest BCUT2D eigenvalue weighted by Crippen LogP contribution is -1.93. The van der Waals surface area contributed by atoms with E-state index in [-0.39, 0.29) is 6.61 Å². The van der Waals surface area contributed by atoms with Crippen LogP contribution in [0.5, 0.6) is 11.5 Å². The molecule has 17 heavy (non-hydrogen) atoms. The van der Waals surface area contributed by atoms with E-state index >= 15 is 0 Å². The van der Waals surface area contributed by atoms with Gasteiger partial charge in [0.1, 0.15) is 0 Å². The number of fused-ring (bicyclic) bond motifs is 2. The molecule has 0 unspecified atom stereocenters. The zero-order chi connectivity index (χ0) is 11.8. The fraction of sp³-hybridized carbons (Fsp3) is 0.385. The summed E-state index contributed by atoms with van der Waals surface area (Å²) >= 11 is 0. The van der Waals surface area contributed by atoms with Crippen molar-refractivity contribution in [3.8, 4) is 11.5 Å². The Bertz CT molecular complexity index is 559. The highest BCUT2D eigenvalue weighted by Gasteiger charge is 2.17. The van der Waals surface area contributed by atoms with Gasteiger partial charge in [-0.15, -0.1) is 0 Å². The maximum atomic E-state index is 8.91. The summed E-state index contributed by atoms with van der Waals surface area (Å²) in [7, 11) is 2.02. The predicted octanol–water partition coefficient (Wildman–Crippen LogP) is 1.83. The molecular formula is C13H15NO3. The molecule has 0 bridgehead atoms. The molecule has 0 radical (unpaired) electrons. The Kier molecular flexibility index (Phi) is 2.44. The summed E-state index contributed by atoms with van der Waals surface area (Å²) in [4.78, 5) is 0. The van der Waals surface area contributed by atoms with E-state index in [0.29, 0.717) is 6.79 Å². The highest BCUT2D eigenvalue weighted by molar-refractivity contribution is 5.87. The Hall–Kier alpha value is -1.68. The van der Waals surface area contributed by atoms with Crippen LogP contribution >= 0.6 is 0 Å². The molecular weight excluding hydrogens is 218 g/mol. The molecule has 1 aliphatic heterocycles. The van der Waals surface area contributed by atoms with E-state index in [9.17, 15) is 0 Å². The van der Waals surface area contributed by atoms with E-state index in [1.807, 2.05) is 19.2 Å². The van der Waals surface area contributed by atoms with Crippen LogP contribution in [0, 0.1) is 0 Å². The fourth-order valence-corrected chi connectivity index (χ4v) is 2.32. The summed E-state index contributed by atoms with van der Waals surface area (Å²) in [6.45, 7) is 0.526. The Labute approximate surface area is 99.4 Å². The van der Waals surface area contributed by atoms with Crippen molar-refractivity contribution in [2.75, 3.05) is 13.4 Å². The van der Waals surface area contributed by atoms with Crippen molar-refractivity contribution in [3.63, 3.8) is 0 Å². The third-order valence-corrected chi connectivity index (χ3v) is 3.17. The second-order valence-corrected chi connectivity index (χ2v) is 4.32. The molecule has 0 saturated carbocycles. The topological polar surface area (TPSA) is 43.6 Å². The van der Waals surface area contributed by atoms with Crippen molar-refractivity contribution in [3.05, 3.63) is 23.9 Å². The molecule has 2 heterocycles. The molecule has 2 aromatic rings. The van der Waals surface area contributed by atoms with Gasteiger partial charge < -0.3 is 19.1 Å². The van der Waals surface area contributed by atoms with Crippen LogP contribution in [0.4, 0.5) is 0 Å². The zero-order valence-electron chi connectivity index (χ0n) is 9.77. The molecule has 0 aliphatic carbocycles. The molecule has 0 fully saturated rings. The number of aryl methyl sites for hydroxylation is 2. The molecule has 0 saturated heterocycles. The van der Waals surface area contributed by atoms with Crippen LogP contribution in [0.15, 0.2) is 18.3 Å². The van der Waals surface area contributed by atoms with Crippen LogP contribution in [0.2, 0.25) is 0 Å². The van der Waals surface area contributed by atoms with Crippen molar-refractivity contribution in [1.29, 1.82) is 0 Å². The molecule has 3 rings (SSSR count). The molecule has 0 atom stereocenters. The van der Waals surface area contributed by atoms with E-state index < -0.39 is 0 Å². The molecule has 90 valence electrons. The van der Waals surface area contributed by atoms with E-state index in [4.69, 9.17) is 14.6 Å². The third-order valence-electron chi connectivity index (χ3n) is 3.17. The Morgan fingerprint density at radius 2 is 2.06 bits per heavy atom. The number of hydrogen-bond acceptors (Lipinski definition) is 3. The number of hydrogen-bond donors (Lipinski definition) is 1. The number of benzene rings is 1. The van der Waals surface area contributed by atoms with Crippen molar-refractivity contribution in [2.45, 2.75) is 12.8 Å². The van der Waals surface area contributed by atoms with Gasteiger partial charge in [0, 0.05) is 31.3 Å². The SMILES string of the molecule is Cn1cc(CCCO)c2cc3c(cc21)OCO3. The minimum absolute atomic E-state index is 0.223. The van der Waals surface area contributed by atoms with Crippen molar-refractivity contribution in [2.24, 2.45) is 7.05 Å². The smallest absolute Gasteiger partial charge is 0.231 e. The van der Waals surface area contributed by atoms with Gasteiger partial charge >= 0.3 is 0 Å². The molecule has 0 amide bonds. The maximum Gasteiger partial charge on any atom is 0.231 e. The van der Waals surface area contributed by atoms with Gasteiger partial charge in [0.25, 0.3) is 0 Å². The zero-order valence-corrected chi connectivity index (χ0v) is 9.77. The highest BCUT2D eigenvalue weighted by Crippen LogP contribution is 2.37. The second-order valence-electron chi connectivity index (χ2n) is 4.32. The fourth-order valence-electron chi connectivity index (χ4n) is 2.32. The monoisotopic (exact) mass is 233 g/mol. The average Bonchev–Trinajstić information content (AvgIpc) is 2.90. The normalized spacial score (nSPS) is 13.5. The Morgan fingerprint density at radius 1 is 1.29 bits per heavy atom. The molecule has 4 nitrogen and oxygen atoms in total. The number of aliphatic hydroxyl groups is 1. The van der Waals surface area contributed by atoms with Crippen LogP contribution in [-0.4, -0.2) is 23.1 Å². The molecule has 1 N–H and O–H groups in total. The van der Waals surface area contributed by atoms with Crippen LogP contribution in [-0.2, 0) is 13.5 Å². The number of aromatic nitrogens is 1. The molecule has 4 heteroatoms. The van der Waals surface area contributed by atoms with Gasteiger partial charge in [-0.25, -0.2) is 0 Å². The van der Waals surface area contributed by atoms with Gasteiger partial charge in [-0.2, -0.15) is 0 Å². The van der Waals surface area contributed by atoms with Crippen LogP contribution < -0.4 is 9.47 Å². The van der Waals surface area contributed by atoms with Gasteiger partial charge in [0.15, 0.2) is 11.5 Å². The Morgan fingerprint density at radius 3 is 2.82 bits per heavy atom. The molecule has 0 spiro atoms. The Balaban J connectivity index is 2.12. The van der Waals surface area contributed by atoms with Crippen molar-refractivity contribution < 1.29 is 14.6 Å². The van der Waals surface area contributed by atoms with E-state index in [0.717, 1.165) is 29.9 Å². The van der Waals surface area contributed by atoms with Crippen molar-refractivity contribution >= 4 is 10.9 Å². The first kappa shape index (κ1) is 10.5. The summed E-state index contributed by atoms with van der Waals surface area (Å²) in [5.74, 6) is 1.63. The standard InChI is InChI=1S/C13H15NO3/c1-14-7-9(3-2-4-15)10-5-12-13(6-11(10)14)17-8-16-12/h5-7,15H,2-4,8H2,1H3. The van der Waals surface area contributed by atoms with Crippen LogP contribution in [0.3, 0.4) is 0 Å². The lowest BCUT2D eigenvalue weighted by Gasteiger charge is -2.00. The van der Waals surface area contributed by atoms with Crippen molar-refractivity contribution in [1.82, 2.24) is 4.57 Å². The van der Waals surface area contributed by atoms with E-state index in [1.54, 1.807) is 0 Å². The van der Waals surface area contributed by atoms with E-state index in [2.05, 4.69) is 10.8 Å². The second kappa shape index (κ2) is 3.96. The highest BCUT2D eigenvalue weighted by atomic mass is 16.7. The summed E-state index contributed by atoms with van der Waals surface area (Å²) in [5, 5.41) is 10.1. The minimum atomic E-state index is 0.223. The first-order valence-electron chi connectivity index (χ1n) is 5.78. The summed E-state index contributed by atoms with van der Waals surface area (Å²) in [5.41, 5.74) is 2.39. The lowest BCUT2D eigenvalue weighted by molar-refractivity contribution is 0.174.